The molecule has 0 bridgehead atoms. The van der Waals surface area contributed by atoms with Crippen LogP contribution >= 0.6 is 23.2 Å². The van der Waals surface area contributed by atoms with E-state index in [1.54, 1.807) is 12.1 Å². The summed E-state index contributed by atoms with van der Waals surface area (Å²) in [5.41, 5.74) is 2.92. The van der Waals surface area contributed by atoms with Crippen molar-refractivity contribution in [2.45, 2.75) is 6.54 Å². The molecule has 0 aliphatic carbocycles. The average molecular weight is 420 g/mol. The molecule has 1 aliphatic heterocycles. The van der Waals surface area contributed by atoms with E-state index in [1.165, 1.54) is 0 Å². The van der Waals surface area contributed by atoms with Crippen molar-refractivity contribution >= 4 is 45.8 Å². The lowest BCUT2D eigenvalue weighted by Gasteiger charge is -2.34. The number of hydrogen-bond donors (Lipinski definition) is 1. The zero-order valence-electron chi connectivity index (χ0n) is 15.1. The van der Waals surface area contributed by atoms with Crippen LogP contribution in [0.25, 0.3) is 11.0 Å². The summed E-state index contributed by atoms with van der Waals surface area (Å²) in [6, 6.07) is 11.1. The van der Waals surface area contributed by atoms with E-state index in [2.05, 4.69) is 25.4 Å². The summed E-state index contributed by atoms with van der Waals surface area (Å²) in [7, 11) is 0. The molecular formula is C19H19Cl2N5O2. The Balaban J connectivity index is 1.27. The summed E-state index contributed by atoms with van der Waals surface area (Å²) in [4.78, 5) is 16.9. The lowest BCUT2D eigenvalue weighted by atomic mass is 10.2. The molecule has 0 radical (unpaired) electrons. The topological polar surface area (TPSA) is 74.5 Å². The quantitative estimate of drug-likeness (QED) is 0.683. The first-order valence-corrected chi connectivity index (χ1v) is 9.74. The molecule has 1 amide bonds. The molecule has 28 heavy (non-hydrogen) atoms. The Morgan fingerprint density at radius 3 is 2.61 bits per heavy atom. The van der Waals surface area contributed by atoms with Crippen LogP contribution in [0.5, 0.6) is 0 Å². The fraction of sp³-hybridized carbons (Fsp3) is 0.316. The summed E-state index contributed by atoms with van der Waals surface area (Å²) in [6.07, 6.45) is 0. The van der Waals surface area contributed by atoms with Gasteiger partial charge in [-0.2, -0.15) is 0 Å². The first-order chi connectivity index (χ1) is 13.6. The second kappa shape index (κ2) is 8.45. The van der Waals surface area contributed by atoms with Crippen LogP contribution in [0.2, 0.25) is 10.0 Å². The highest BCUT2D eigenvalue weighted by molar-refractivity contribution is 6.42. The molecule has 1 fully saturated rings. The summed E-state index contributed by atoms with van der Waals surface area (Å²) < 4.78 is 4.73. The van der Waals surface area contributed by atoms with E-state index in [1.807, 2.05) is 24.3 Å². The predicted molar refractivity (Wildman–Crippen MR) is 109 cm³/mol. The Morgan fingerprint density at radius 1 is 1.04 bits per heavy atom. The Labute approximate surface area is 172 Å². The fourth-order valence-electron chi connectivity index (χ4n) is 3.30. The summed E-state index contributed by atoms with van der Waals surface area (Å²) in [5.74, 6) is -0.0755. The second-order valence-electron chi connectivity index (χ2n) is 6.79. The van der Waals surface area contributed by atoms with Gasteiger partial charge in [-0.25, -0.2) is 4.63 Å². The number of amides is 1. The van der Waals surface area contributed by atoms with Crippen LogP contribution in [-0.2, 0) is 11.3 Å². The van der Waals surface area contributed by atoms with Crippen molar-refractivity contribution in [3.05, 3.63) is 52.0 Å². The molecule has 3 aromatic rings. The Morgan fingerprint density at radius 2 is 1.82 bits per heavy atom. The van der Waals surface area contributed by atoms with Gasteiger partial charge in [0, 0.05) is 32.7 Å². The monoisotopic (exact) mass is 419 g/mol. The standard InChI is InChI=1S/C19H19Cl2N5O2/c20-14-5-4-13(10-15(14)21)11-25-6-8-26(9-7-25)12-18(27)22-16-2-1-3-17-19(16)24-28-23-17/h1-5,10H,6-9,11-12H2,(H,22,27). The number of nitrogens with zero attached hydrogens (tertiary/aromatic N) is 4. The molecule has 0 atom stereocenters. The van der Waals surface area contributed by atoms with Crippen LogP contribution in [0, 0.1) is 0 Å². The molecule has 2 aromatic carbocycles. The lowest BCUT2D eigenvalue weighted by molar-refractivity contribution is -0.117. The van der Waals surface area contributed by atoms with Crippen LogP contribution in [0.1, 0.15) is 5.56 Å². The molecule has 1 saturated heterocycles. The Hall–Kier alpha value is -2.19. The van der Waals surface area contributed by atoms with Crippen LogP contribution in [0.3, 0.4) is 0 Å². The Kier molecular flexibility index (Phi) is 5.77. The zero-order valence-corrected chi connectivity index (χ0v) is 16.6. The minimum Gasteiger partial charge on any atom is -0.323 e. The van der Waals surface area contributed by atoms with Gasteiger partial charge in [0.25, 0.3) is 0 Å². The molecule has 9 heteroatoms. The van der Waals surface area contributed by atoms with Crippen LogP contribution in [0.4, 0.5) is 5.69 Å². The highest BCUT2D eigenvalue weighted by Gasteiger charge is 2.20. The van der Waals surface area contributed by atoms with Gasteiger partial charge in [-0.05, 0) is 40.1 Å². The van der Waals surface area contributed by atoms with Gasteiger partial charge in [-0.15, -0.1) is 0 Å². The molecular weight excluding hydrogens is 401 g/mol. The van der Waals surface area contributed by atoms with E-state index in [-0.39, 0.29) is 5.91 Å². The molecule has 1 N–H and O–H groups in total. The number of nitrogens with one attached hydrogen (secondary N) is 1. The molecule has 1 aromatic heterocycles. The molecule has 2 heterocycles. The van der Waals surface area contributed by atoms with Gasteiger partial charge in [0.05, 0.1) is 22.3 Å². The van der Waals surface area contributed by atoms with Crippen LogP contribution in [0.15, 0.2) is 41.0 Å². The minimum atomic E-state index is -0.0755. The van der Waals surface area contributed by atoms with Crippen molar-refractivity contribution in [3.63, 3.8) is 0 Å². The van der Waals surface area contributed by atoms with Gasteiger partial charge in [0.1, 0.15) is 5.52 Å². The number of hydrogen-bond acceptors (Lipinski definition) is 6. The van der Waals surface area contributed by atoms with Gasteiger partial charge in [-0.1, -0.05) is 35.3 Å². The van der Waals surface area contributed by atoms with Crippen molar-refractivity contribution in [1.82, 2.24) is 20.1 Å². The zero-order chi connectivity index (χ0) is 19.5. The molecule has 0 saturated carbocycles. The Bertz CT molecular complexity index is 985. The number of fused-ring (bicyclic) bond motifs is 1. The third-order valence-electron chi connectivity index (χ3n) is 4.78. The van der Waals surface area contributed by atoms with Gasteiger partial charge in [0.15, 0.2) is 5.52 Å². The maximum absolute atomic E-state index is 12.4. The summed E-state index contributed by atoms with van der Waals surface area (Å²) >= 11 is 12.1. The number of carbonyl (C=O) groups is 1. The van der Waals surface area contributed by atoms with E-state index >= 15 is 0 Å². The first kappa shape index (κ1) is 19.1. The van der Waals surface area contributed by atoms with Crippen molar-refractivity contribution in [3.8, 4) is 0 Å². The number of rotatable bonds is 5. The van der Waals surface area contributed by atoms with Gasteiger partial charge in [0.2, 0.25) is 5.91 Å². The second-order valence-corrected chi connectivity index (χ2v) is 7.60. The molecule has 146 valence electrons. The van der Waals surface area contributed by atoms with Crippen LogP contribution < -0.4 is 5.32 Å². The van der Waals surface area contributed by atoms with Crippen LogP contribution in [-0.4, -0.2) is 58.7 Å². The minimum absolute atomic E-state index is 0.0755. The highest BCUT2D eigenvalue weighted by atomic mass is 35.5. The van der Waals surface area contributed by atoms with Gasteiger partial charge >= 0.3 is 0 Å². The maximum atomic E-state index is 12.4. The van der Waals surface area contributed by atoms with Crippen molar-refractivity contribution in [2.75, 3.05) is 38.0 Å². The molecule has 1 aliphatic rings. The summed E-state index contributed by atoms with van der Waals surface area (Å²) in [5, 5.41) is 11.7. The van der Waals surface area contributed by atoms with Gasteiger partial charge in [-0.3, -0.25) is 14.6 Å². The van der Waals surface area contributed by atoms with Crippen molar-refractivity contribution < 1.29 is 9.42 Å². The van der Waals surface area contributed by atoms with Gasteiger partial charge < -0.3 is 5.32 Å². The van der Waals surface area contributed by atoms with E-state index in [0.29, 0.717) is 33.3 Å². The average Bonchev–Trinajstić information content (AvgIpc) is 3.16. The maximum Gasteiger partial charge on any atom is 0.238 e. The molecule has 0 unspecified atom stereocenters. The van der Waals surface area contributed by atoms with Crippen molar-refractivity contribution in [2.24, 2.45) is 0 Å². The normalized spacial score (nSPS) is 15.8. The third kappa shape index (κ3) is 4.44. The van der Waals surface area contributed by atoms with E-state index in [9.17, 15) is 4.79 Å². The molecule has 4 rings (SSSR count). The van der Waals surface area contributed by atoms with Crippen molar-refractivity contribution in [1.29, 1.82) is 0 Å². The number of halogens is 2. The SMILES string of the molecule is O=C(CN1CCN(Cc2ccc(Cl)c(Cl)c2)CC1)Nc1cccc2nonc12. The highest BCUT2D eigenvalue weighted by Crippen LogP contribution is 2.23. The van der Waals surface area contributed by atoms with E-state index < -0.39 is 0 Å². The molecule has 7 nitrogen and oxygen atoms in total. The number of benzene rings is 2. The molecule has 0 spiro atoms. The predicted octanol–water partition coefficient (Wildman–Crippen LogP) is 3.29. The number of carbonyl (C=O) groups excluding carboxylic acids is 1. The lowest BCUT2D eigenvalue weighted by Crippen LogP contribution is -2.48. The third-order valence-corrected chi connectivity index (χ3v) is 5.52. The fourth-order valence-corrected chi connectivity index (χ4v) is 3.62. The number of anilines is 1. The van der Waals surface area contributed by atoms with E-state index in [0.717, 1.165) is 38.3 Å². The number of aromatic nitrogens is 2. The first-order valence-electron chi connectivity index (χ1n) is 8.98. The smallest absolute Gasteiger partial charge is 0.238 e. The number of piperazine rings is 1. The summed E-state index contributed by atoms with van der Waals surface area (Å²) in [6.45, 7) is 4.57. The van der Waals surface area contributed by atoms with E-state index in [4.69, 9.17) is 27.8 Å². The largest absolute Gasteiger partial charge is 0.323 e.